The van der Waals surface area contributed by atoms with Crippen molar-refractivity contribution in [1.82, 2.24) is 9.88 Å². The molecule has 3 fully saturated rings. The molecule has 1 aromatic carbocycles. The van der Waals surface area contributed by atoms with E-state index in [9.17, 15) is 24.6 Å². The van der Waals surface area contributed by atoms with Crippen LogP contribution in [0.2, 0.25) is 0 Å². The van der Waals surface area contributed by atoms with E-state index in [2.05, 4.69) is 4.98 Å². The number of amides is 2. The number of benzene rings is 1. The van der Waals surface area contributed by atoms with E-state index in [1.807, 2.05) is 26.0 Å². The van der Waals surface area contributed by atoms with Crippen molar-refractivity contribution in [1.29, 1.82) is 0 Å². The summed E-state index contributed by atoms with van der Waals surface area (Å²) in [5.41, 5.74) is 0.879. The highest BCUT2D eigenvalue weighted by Crippen LogP contribution is 2.69. The molecule has 2 amide bonds. The summed E-state index contributed by atoms with van der Waals surface area (Å²) in [5, 5.41) is 21.5. The number of aromatic hydroxyl groups is 1. The van der Waals surface area contributed by atoms with Gasteiger partial charge in [-0.2, -0.15) is 0 Å². The van der Waals surface area contributed by atoms with E-state index >= 15 is 0 Å². The van der Waals surface area contributed by atoms with Crippen LogP contribution in [0.5, 0.6) is 17.2 Å². The molecule has 39 heavy (non-hydrogen) atoms. The number of thioether (sulfide) groups is 1. The predicted molar refractivity (Wildman–Crippen MR) is 147 cm³/mol. The van der Waals surface area contributed by atoms with Crippen LogP contribution >= 0.6 is 35.3 Å². The third-order valence-corrected chi connectivity index (χ3v) is 11.9. The third kappa shape index (κ3) is 3.85. The Morgan fingerprint density at radius 1 is 1.15 bits per heavy atom. The van der Waals surface area contributed by atoms with Crippen LogP contribution in [0.25, 0.3) is 0 Å². The summed E-state index contributed by atoms with van der Waals surface area (Å²) in [4.78, 5) is 45.3. The number of rotatable bonds is 7. The summed E-state index contributed by atoms with van der Waals surface area (Å²) < 4.78 is 11.6. The number of phenolic OH excluding ortho intramolecular Hbond substituents is 1. The number of hydrogen-bond donors (Lipinski definition) is 3. The number of nitrogens with zero attached hydrogens (tertiary/aromatic N) is 1. The highest BCUT2D eigenvalue weighted by atomic mass is 32.2. The number of methoxy groups -OCH3 is 2. The lowest BCUT2D eigenvalue weighted by molar-refractivity contribution is -0.156. The van der Waals surface area contributed by atoms with E-state index in [1.54, 1.807) is 11.8 Å². The van der Waals surface area contributed by atoms with Gasteiger partial charge in [0.05, 0.1) is 31.1 Å². The first kappa shape index (κ1) is 26.6. The zero-order valence-corrected chi connectivity index (χ0v) is 24.3. The zero-order chi connectivity index (χ0) is 27.9. The van der Waals surface area contributed by atoms with Gasteiger partial charge in [0.2, 0.25) is 17.6 Å². The van der Waals surface area contributed by atoms with Gasteiger partial charge in [0.1, 0.15) is 6.04 Å². The van der Waals surface area contributed by atoms with Gasteiger partial charge in [-0.1, -0.05) is 13.8 Å². The molecule has 0 radical (unpaired) electrons. The van der Waals surface area contributed by atoms with Gasteiger partial charge in [-0.3, -0.25) is 14.5 Å². The fourth-order valence-electron chi connectivity index (χ4n) is 7.58. The Morgan fingerprint density at radius 2 is 1.77 bits per heavy atom. The van der Waals surface area contributed by atoms with Gasteiger partial charge in [-0.05, 0) is 66.4 Å². The molecule has 2 bridgehead atoms. The standard InChI is InChI=1S/C27H30N2O7S3/c1-9(2)5-13(26(33)34)29-24(31)18-11-8-12(19(18)25(29)32)21-17(11)16(22-23(38-21)28-27(37)39-22)10-6-14(35-3)20(30)15(7-10)36-4/h6-7,9,11-13,16-19,21,30H,5,8H2,1-4H3,(H,28,37)(H,33,34). The lowest BCUT2D eigenvalue weighted by Crippen LogP contribution is -2.47. The molecule has 4 aliphatic rings. The number of aliphatic carboxylic acids is 1. The number of fused-ring (bicyclic) bond motifs is 9. The molecule has 2 aromatic rings. The number of hydrogen-bond acceptors (Lipinski definition) is 9. The Kier molecular flexibility index (Phi) is 6.50. The fraction of sp³-hybridized carbons (Fsp3) is 0.556. The van der Waals surface area contributed by atoms with Gasteiger partial charge in [0.15, 0.2) is 15.5 Å². The molecule has 9 nitrogen and oxygen atoms in total. The SMILES string of the molecule is COc1cc(C2c3sc(=S)[nH]c3SC3C4CC(C5C(=O)N(C(CC(C)C)C(=O)O)C(=O)C45)C23)cc(OC)c1O. The van der Waals surface area contributed by atoms with Crippen molar-refractivity contribution in [3.63, 3.8) is 0 Å². The number of phenols is 1. The first-order valence-electron chi connectivity index (χ1n) is 13.0. The Bertz CT molecular complexity index is 1410. The number of carbonyl (C=O) groups is 3. The van der Waals surface area contributed by atoms with Crippen LogP contribution in [0.15, 0.2) is 17.2 Å². The summed E-state index contributed by atoms with van der Waals surface area (Å²) in [7, 11) is 2.97. The number of likely N-dealkylation sites (tertiary alicyclic amines) is 1. The lowest BCUT2D eigenvalue weighted by Gasteiger charge is -2.43. The van der Waals surface area contributed by atoms with Crippen LogP contribution in [0, 0.1) is 39.5 Å². The van der Waals surface area contributed by atoms with Crippen molar-refractivity contribution in [2.75, 3.05) is 14.2 Å². The first-order valence-corrected chi connectivity index (χ1v) is 15.1. The third-order valence-electron chi connectivity index (χ3n) is 8.91. The van der Waals surface area contributed by atoms with Crippen LogP contribution in [-0.2, 0) is 14.4 Å². The smallest absolute Gasteiger partial charge is 0.326 e. The molecule has 0 spiro atoms. The minimum atomic E-state index is -1.15. The number of aromatic amines is 1. The molecule has 6 rings (SSSR count). The van der Waals surface area contributed by atoms with Crippen molar-refractivity contribution in [3.05, 3.63) is 26.5 Å². The second kappa shape index (κ2) is 9.52. The number of aromatic nitrogens is 1. The first-order chi connectivity index (χ1) is 18.6. The molecule has 2 saturated carbocycles. The second-order valence-corrected chi connectivity index (χ2v) is 14.2. The quantitative estimate of drug-likeness (QED) is 0.315. The van der Waals surface area contributed by atoms with Crippen molar-refractivity contribution in [3.8, 4) is 17.2 Å². The summed E-state index contributed by atoms with van der Waals surface area (Å²) in [6, 6.07) is 2.47. The second-order valence-electron chi connectivity index (χ2n) is 11.3. The van der Waals surface area contributed by atoms with Crippen LogP contribution in [0.3, 0.4) is 0 Å². The van der Waals surface area contributed by atoms with Crippen molar-refractivity contribution in [2.45, 2.75) is 48.9 Å². The number of nitrogens with one attached hydrogen (secondary N) is 1. The number of imide groups is 1. The lowest BCUT2D eigenvalue weighted by atomic mass is 9.68. The molecule has 1 saturated heterocycles. The van der Waals surface area contributed by atoms with Crippen LogP contribution in [0.1, 0.15) is 43.0 Å². The van der Waals surface area contributed by atoms with E-state index in [4.69, 9.17) is 21.7 Å². The molecular formula is C27H30N2O7S3. The van der Waals surface area contributed by atoms with Crippen LogP contribution in [0.4, 0.5) is 0 Å². The Labute approximate surface area is 238 Å². The normalized spacial score (nSPS) is 31.3. The van der Waals surface area contributed by atoms with Gasteiger partial charge in [0, 0.05) is 16.0 Å². The van der Waals surface area contributed by atoms with Gasteiger partial charge >= 0.3 is 5.97 Å². The molecule has 3 heterocycles. The van der Waals surface area contributed by atoms with Gasteiger partial charge in [-0.25, -0.2) is 4.79 Å². The van der Waals surface area contributed by atoms with Gasteiger partial charge < -0.3 is 24.7 Å². The Morgan fingerprint density at radius 3 is 2.33 bits per heavy atom. The minimum Gasteiger partial charge on any atom is -0.502 e. The van der Waals surface area contributed by atoms with Crippen molar-refractivity contribution < 1.29 is 34.1 Å². The Balaban J connectivity index is 1.45. The maximum absolute atomic E-state index is 13.9. The van der Waals surface area contributed by atoms with Crippen molar-refractivity contribution >= 4 is 53.1 Å². The maximum atomic E-state index is 13.9. The minimum absolute atomic E-state index is 0.0132. The Hall–Kier alpha value is -2.57. The molecule has 1 aromatic heterocycles. The zero-order valence-electron chi connectivity index (χ0n) is 21.9. The van der Waals surface area contributed by atoms with E-state index in [1.165, 1.54) is 25.6 Å². The molecule has 208 valence electrons. The van der Waals surface area contributed by atoms with Crippen LogP contribution < -0.4 is 9.47 Å². The number of carbonyl (C=O) groups excluding carboxylic acids is 2. The molecule has 3 N–H and O–H groups in total. The number of carboxylic acid groups (broad SMARTS) is 1. The average Bonchev–Trinajstić information content (AvgIpc) is 3.61. The monoisotopic (exact) mass is 590 g/mol. The number of carboxylic acids is 1. The highest BCUT2D eigenvalue weighted by molar-refractivity contribution is 8.00. The average molecular weight is 591 g/mol. The van der Waals surface area contributed by atoms with Gasteiger partial charge in [0.25, 0.3) is 0 Å². The van der Waals surface area contributed by atoms with E-state index in [0.29, 0.717) is 3.95 Å². The summed E-state index contributed by atoms with van der Waals surface area (Å²) in [5.74, 6) is -2.63. The molecule has 8 atom stereocenters. The maximum Gasteiger partial charge on any atom is 0.326 e. The number of H-pyrrole nitrogens is 1. The van der Waals surface area contributed by atoms with E-state index < -0.39 is 23.8 Å². The van der Waals surface area contributed by atoms with E-state index in [0.717, 1.165) is 26.8 Å². The number of thiazole rings is 1. The van der Waals surface area contributed by atoms with Crippen LogP contribution in [-0.4, -0.2) is 63.4 Å². The summed E-state index contributed by atoms with van der Waals surface area (Å²) in [6.07, 6.45) is 0.968. The topological polar surface area (TPSA) is 129 Å². The molecule has 8 unspecified atom stereocenters. The molecule has 2 aliphatic heterocycles. The summed E-state index contributed by atoms with van der Waals surface area (Å²) >= 11 is 8.71. The largest absolute Gasteiger partial charge is 0.502 e. The van der Waals surface area contributed by atoms with Crippen molar-refractivity contribution in [2.24, 2.45) is 35.5 Å². The molecule has 12 heteroatoms. The number of ether oxygens (including phenoxy) is 2. The molecular weight excluding hydrogens is 561 g/mol. The molecule has 2 aliphatic carbocycles. The summed E-state index contributed by atoms with van der Waals surface area (Å²) in [6.45, 7) is 3.79. The highest BCUT2D eigenvalue weighted by Gasteiger charge is 2.70. The van der Waals surface area contributed by atoms with E-state index in [-0.39, 0.29) is 70.3 Å². The predicted octanol–water partition coefficient (Wildman–Crippen LogP) is 4.50. The van der Waals surface area contributed by atoms with Gasteiger partial charge in [-0.15, -0.1) is 23.1 Å². The fourth-order valence-corrected chi connectivity index (χ4v) is 10.9.